The van der Waals surface area contributed by atoms with Gasteiger partial charge in [0, 0.05) is 31.0 Å². The van der Waals surface area contributed by atoms with Crippen molar-refractivity contribution in [2.45, 2.75) is 40.2 Å². The molecule has 0 spiro atoms. The molecule has 0 saturated carbocycles. The smallest absolute Gasteiger partial charge is 0.251 e. The predicted octanol–water partition coefficient (Wildman–Crippen LogP) is 2.15. The Labute approximate surface area is 144 Å². The van der Waals surface area contributed by atoms with Crippen molar-refractivity contribution in [1.82, 2.24) is 5.32 Å². The van der Waals surface area contributed by atoms with E-state index >= 15 is 0 Å². The molecule has 0 aliphatic rings. The van der Waals surface area contributed by atoms with Crippen molar-refractivity contribution in [2.75, 3.05) is 25.1 Å². The normalized spacial score (nSPS) is 12.5. The highest BCUT2D eigenvalue weighted by molar-refractivity contribution is 5.98. The summed E-state index contributed by atoms with van der Waals surface area (Å²) in [4.78, 5) is 24.3. The summed E-state index contributed by atoms with van der Waals surface area (Å²) in [6.45, 7) is 9.49. The number of ether oxygens (including phenoxy) is 1. The molecule has 0 aliphatic heterocycles. The van der Waals surface area contributed by atoms with E-state index in [0.29, 0.717) is 31.0 Å². The van der Waals surface area contributed by atoms with Gasteiger partial charge < -0.3 is 21.1 Å². The van der Waals surface area contributed by atoms with E-state index in [1.54, 1.807) is 24.3 Å². The number of nitrogens with one attached hydrogen (secondary N) is 2. The Balaban J connectivity index is 2.60. The minimum atomic E-state index is -0.631. The summed E-state index contributed by atoms with van der Waals surface area (Å²) in [6.07, 6.45) is 0.760. The molecule has 0 radical (unpaired) electrons. The Morgan fingerprint density at radius 1 is 1.29 bits per heavy atom. The standard InChI is InChI=1S/C18H29N3O3/c1-5-24-11-7-10-20-16(22)13-8-6-9-14(12-13)21-17(23)15(19)18(2,3)4/h6,8-9,12,15H,5,7,10-11,19H2,1-4H3,(H,20,22)(H,21,23)/t15-/m1/s1. The number of hydrogen-bond acceptors (Lipinski definition) is 4. The third kappa shape index (κ3) is 6.68. The van der Waals surface area contributed by atoms with Gasteiger partial charge in [0.25, 0.3) is 5.91 Å². The van der Waals surface area contributed by atoms with Gasteiger partial charge in [-0.05, 0) is 37.0 Å². The lowest BCUT2D eigenvalue weighted by molar-refractivity contribution is -0.119. The monoisotopic (exact) mass is 335 g/mol. The Kier molecular flexibility index (Phi) is 7.88. The first-order chi connectivity index (χ1) is 11.3. The number of rotatable bonds is 8. The number of benzene rings is 1. The highest BCUT2D eigenvalue weighted by Gasteiger charge is 2.27. The summed E-state index contributed by atoms with van der Waals surface area (Å²) in [5, 5.41) is 5.59. The second-order valence-electron chi connectivity index (χ2n) is 6.72. The molecule has 0 unspecified atom stereocenters. The van der Waals surface area contributed by atoms with Crippen LogP contribution >= 0.6 is 0 Å². The number of nitrogens with two attached hydrogens (primary N) is 1. The molecule has 1 rings (SSSR count). The number of hydrogen-bond donors (Lipinski definition) is 3. The molecule has 1 aromatic carbocycles. The molecule has 0 heterocycles. The van der Waals surface area contributed by atoms with Crippen LogP contribution in [0.3, 0.4) is 0 Å². The van der Waals surface area contributed by atoms with E-state index in [1.807, 2.05) is 27.7 Å². The number of carbonyl (C=O) groups is 2. The fraction of sp³-hybridized carbons (Fsp3) is 0.556. The molecular weight excluding hydrogens is 306 g/mol. The van der Waals surface area contributed by atoms with Crippen LogP contribution in [0.25, 0.3) is 0 Å². The fourth-order valence-corrected chi connectivity index (χ4v) is 1.97. The summed E-state index contributed by atoms with van der Waals surface area (Å²) >= 11 is 0. The number of carbonyl (C=O) groups excluding carboxylic acids is 2. The molecule has 1 atom stereocenters. The second-order valence-corrected chi connectivity index (χ2v) is 6.72. The highest BCUT2D eigenvalue weighted by Crippen LogP contribution is 2.19. The van der Waals surface area contributed by atoms with Crippen molar-refractivity contribution < 1.29 is 14.3 Å². The molecular formula is C18H29N3O3. The molecule has 0 bridgehead atoms. The van der Waals surface area contributed by atoms with Crippen LogP contribution in [0.5, 0.6) is 0 Å². The minimum absolute atomic E-state index is 0.178. The van der Waals surface area contributed by atoms with E-state index in [1.165, 1.54) is 0 Å². The molecule has 0 aliphatic carbocycles. The van der Waals surface area contributed by atoms with Crippen LogP contribution < -0.4 is 16.4 Å². The van der Waals surface area contributed by atoms with Gasteiger partial charge in [-0.25, -0.2) is 0 Å². The molecule has 6 heteroatoms. The van der Waals surface area contributed by atoms with Crippen LogP contribution in [0.4, 0.5) is 5.69 Å². The lowest BCUT2D eigenvalue weighted by Gasteiger charge is -2.25. The van der Waals surface area contributed by atoms with E-state index in [0.717, 1.165) is 6.42 Å². The summed E-state index contributed by atoms with van der Waals surface area (Å²) < 4.78 is 5.22. The Morgan fingerprint density at radius 2 is 2.00 bits per heavy atom. The van der Waals surface area contributed by atoms with Gasteiger partial charge >= 0.3 is 0 Å². The van der Waals surface area contributed by atoms with Gasteiger partial charge in [-0.1, -0.05) is 26.8 Å². The first-order valence-electron chi connectivity index (χ1n) is 8.28. The Bertz CT molecular complexity index is 553. The summed E-state index contributed by atoms with van der Waals surface area (Å²) in [5.41, 5.74) is 6.66. The van der Waals surface area contributed by atoms with Crippen LogP contribution in [0.2, 0.25) is 0 Å². The topological polar surface area (TPSA) is 93.5 Å². The zero-order valence-electron chi connectivity index (χ0n) is 15.0. The van der Waals surface area contributed by atoms with E-state index in [-0.39, 0.29) is 17.2 Å². The van der Waals surface area contributed by atoms with Crippen LogP contribution in [-0.2, 0) is 9.53 Å². The van der Waals surface area contributed by atoms with E-state index in [4.69, 9.17) is 10.5 Å². The lowest BCUT2D eigenvalue weighted by atomic mass is 9.87. The second kappa shape index (κ2) is 9.39. The zero-order chi connectivity index (χ0) is 18.2. The quantitative estimate of drug-likeness (QED) is 0.635. The molecule has 2 amide bonds. The van der Waals surface area contributed by atoms with E-state index in [9.17, 15) is 9.59 Å². The van der Waals surface area contributed by atoms with Crippen molar-refractivity contribution in [3.8, 4) is 0 Å². The van der Waals surface area contributed by atoms with Crippen LogP contribution in [0, 0.1) is 5.41 Å². The van der Waals surface area contributed by atoms with Gasteiger partial charge in [0.2, 0.25) is 5.91 Å². The molecule has 4 N–H and O–H groups in total. The first-order valence-corrected chi connectivity index (χ1v) is 8.28. The zero-order valence-corrected chi connectivity index (χ0v) is 15.0. The van der Waals surface area contributed by atoms with Gasteiger partial charge in [0.05, 0.1) is 6.04 Å². The SMILES string of the molecule is CCOCCCNC(=O)c1cccc(NC(=O)[C@@H](N)C(C)(C)C)c1. The van der Waals surface area contributed by atoms with Gasteiger partial charge in [-0.2, -0.15) is 0 Å². The minimum Gasteiger partial charge on any atom is -0.382 e. The molecule has 6 nitrogen and oxygen atoms in total. The summed E-state index contributed by atoms with van der Waals surface area (Å²) in [6, 6.07) is 6.18. The fourth-order valence-electron chi connectivity index (χ4n) is 1.97. The Morgan fingerprint density at radius 3 is 2.62 bits per heavy atom. The summed E-state index contributed by atoms with van der Waals surface area (Å²) in [5.74, 6) is -0.445. The lowest BCUT2D eigenvalue weighted by Crippen LogP contribution is -2.45. The number of anilines is 1. The summed E-state index contributed by atoms with van der Waals surface area (Å²) in [7, 11) is 0. The van der Waals surface area contributed by atoms with E-state index in [2.05, 4.69) is 10.6 Å². The van der Waals surface area contributed by atoms with Gasteiger partial charge in [0.15, 0.2) is 0 Å². The maximum Gasteiger partial charge on any atom is 0.251 e. The van der Waals surface area contributed by atoms with Crippen LogP contribution in [0.1, 0.15) is 44.5 Å². The van der Waals surface area contributed by atoms with Crippen molar-refractivity contribution in [3.63, 3.8) is 0 Å². The molecule has 24 heavy (non-hydrogen) atoms. The van der Waals surface area contributed by atoms with Crippen molar-refractivity contribution in [2.24, 2.45) is 11.1 Å². The molecule has 0 fully saturated rings. The number of amides is 2. The average molecular weight is 335 g/mol. The predicted molar refractivity (Wildman–Crippen MR) is 95.9 cm³/mol. The van der Waals surface area contributed by atoms with Crippen LogP contribution in [0.15, 0.2) is 24.3 Å². The molecule has 0 saturated heterocycles. The third-order valence-corrected chi connectivity index (χ3v) is 3.56. The van der Waals surface area contributed by atoms with Crippen molar-refractivity contribution >= 4 is 17.5 Å². The van der Waals surface area contributed by atoms with Crippen molar-refractivity contribution in [1.29, 1.82) is 0 Å². The largest absolute Gasteiger partial charge is 0.382 e. The van der Waals surface area contributed by atoms with Gasteiger partial charge in [-0.3, -0.25) is 9.59 Å². The maximum absolute atomic E-state index is 12.2. The van der Waals surface area contributed by atoms with Gasteiger partial charge in [-0.15, -0.1) is 0 Å². The molecule has 0 aromatic heterocycles. The molecule has 1 aromatic rings. The average Bonchev–Trinajstić information content (AvgIpc) is 2.53. The van der Waals surface area contributed by atoms with Gasteiger partial charge in [0.1, 0.15) is 0 Å². The third-order valence-electron chi connectivity index (χ3n) is 3.56. The van der Waals surface area contributed by atoms with E-state index < -0.39 is 6.04 Å². The highest BCUT2D eigenvalue weighted by atomic mass is 16.5. The van der Waals surface area contributed by atoms with Crippen molar-refractivity contribution in [3.05, 3.63) is 29.8 Å². The first kappa shape index (κ1) is 20.1. The molecule has 134 valence electrons. The maximum atomic E-state index is 12.2. The Hall–Kier alpha value is -1.92. The van der Waals surface area contributed by atoms with Crippen LogP contribution in [-0.4, -0.2) is 37.6 Å².